The molecule has 1 N–H and O–H groups in total. The molecule has 128 valence electrons. The van der Waals surface area contributed by atoms with Gasteiger partial charge in [-0.1, -0.05) is 23.8 Å². The Morgan fingerprint density at radius 2 is 1.88 bits per heavy atom. The van der Waals surface area contributed by atoms with Crippen LogP contribution in [-0.4, -0.2) is 29.2 Å². The van der Waals surface area contributed by atoms with Crippen LogP contribution in [0.2, 0.25) is 0 Å². The lowest BCUT2D eigenvalue weighted by Gasteiger charge is -2.14. The lowest BCUT2D eigenvalue weighted by atomic mass is 10.1. The maximum absolute atomic E-state index is 13.8. The van der Waals surface area contributed by atoms with Gasteiger partial charge in [-0.3, -0.25) is 19.3 Å². The van der Waals surface area contributed by atoms with E-state index < -0.39 is 17.6 Å². The van der Waals surface area contributed by atoms with Crippen LogP contribution < -0.4 is 5.32 Å². The molecule has 0 bridgehead atoms. The lowest BCUT2D eigenvalue weighted by molar-refractivity contribution is -0.116. The highest BCUT2D eigenvalue weighted by Gasteiger charge is 2.37. The van der Waals surface area contributed by atoms with Crippen LogP contribution in [-0.2, 0) is 4.79 Å². The number of nitrogens with zero attached hydrogens (tertiary/aromatic N) is 1. The molecule has 3 amide bonds. The molecule has 1 heterocycles. The standard InChI is InChI=1S/C19H17FN2O3/c1-11-6-7-15(12(2)10-11)21-16(23)8-9-22-18(24)13-4-3-5-14(20)17(13)19(22)25/h3-7,10H,8-9H2,1-2H3,(H,21,23). The summed E-state index contributed by atoms with van der Waals surface area (Å²) in [6, 6.07) is 9.57. The Kier molecular flexibility index (Phi) is 4.35. The maximum Gasteiger partial charge on any atom is 0.264 e. The Morgan fingerprint density at radius 1 is 1.12 bits per heavy atom. The molecular formula is C19H17FN2O3. The van der Waals surface area contributed by atoms with Crippen molar-refractivity contribution in [2.24, 2.45) is 0 Å². The van der Waals surface area contributed by atoms with Crippen molar-refractivity contribution in [3.05, 3.63) is 64.5 Å². The SMILES string of the molecule is Cc1ccc(NC(=O)CCN2C(=O)c3cccc(F)c3C2=O)c(C)c1. The van der Waals surface area contributed by atoms with E-state index in [1.165, 1.54) is 12.1 Å². The number of amides is 3. The summed E-state index contributed by atoms with van der Waals surface area (Å²) in [5, 5.41) is 2.76. The number of benzene rings is 2. The Bertz CT molecular complexity index is 892. The smallest absolute Gasteiger partial charge is 0.264 e. The number of hydrogen-bond acceptors (Lipinski definition) is 3. The summed E-state index contributed by atoms with van der Waals surface area (Å²) in [5.74, 6) is -2.31. The molecule has 0 saturated carbocycles. The van der Waals surface area contributed by atoms with Crippen molar-refractivity contribution in [2.45, 2.75) is 20.3 Å². The first-order valence-corrected chi connectivity index (χ1v) is 7.90. The first kappa shape index (κ1) is 16.8. The summed E-state index contributed by atoms with van der Waals surface area (Å²) in [6.07, 6.45) is -0.0552. The zero-order valence-electron chi connectivity index (χ0n) is 13.9. The van der Waals surface area contributed by atoms with Crippen molar-refractivity contribution in [1.29, 1.82) is 0 Å². The average Bonchev–Trinajstić information content (AvgIpc) is 2.80. The second-order valence-corrected chi connectivity index (χ2v) is 6.04. The predicted molar refractivity (Wildman–Crippen MR) is 90.9 cm³/mol. The molecule has 25 heavy (non-hydrogen) atoms. The molecule has 6 heteroatoms. The number of anilines is 1. The highest BCUT2D eigenvalue weighted by molar-refractivity contribution is 6.21. The molecule has 0 spiro atoms. The summed E-state index contributed by atoms with van der Waals surface area (Å²) in [6.45, 7) is 3.75. The Hall–Kier alpha value is -3.02. The molecule has 2 aromatic carbocycles. The number of nitrogens with one attached hydrogen (secondary N) is 1. The van der Waals surface area contributed by atoms with Crippen LogP contribution >= 0.6 is 0 Å². The first-order valence-electron chi connectivity index (χ1n) is 7.90. The average molecular weight is 340 g/mol. The van der Waals surface area contributed by atoms with Crippen LogP contribution in [0.25, 0.3) is 0 Å². The van der Waals surface area contributed by atoms with Gasteiger partial charge in [0.15, 0.2) is 0 Å². The molecule has 0 unspecified atom stereocenters. The van der Waals surface area contributed by atoms with Crippen molar-refractivity contribution in [2.75, 3.05) is 11.9 Å². The topological polar surface area (TPSA) is 66.5 Å². The predicted octanol–water partition coefficient (Wildman–Crippen LogP) is 3.07. The number of carbonyl (C=O) groups is 3. The quantitative estimate of drug-likeness (QED) is 0.870. The van der Waals surface area contributed by atoms with Crippen LogP contribution in [0.4, 0.5) is 10.1 Å². The Balaban J connectivity index is 1.66. The van der Waals surface area contributed by atoms with Gasteiger partial charge in [0.2, 0.25) is 5.91 Å². The Labute approximate surface area is 144 Å². The van der Waals surface area contributed by atoms with Crippen LogP contribution in [0, 0.1) is 19.7 Å². The van der Waals surface area contributed by atoms with Crippen molar-refractivity contribution in [3.63, 3.8) is 0 Å². The van der Waals surface area contributed by atoms with Crippen molar-refractivity contribution in [3.8, 4) is 0 Å². The van der Waals surface area contributed by atoms with Gasteiger partial charge in [0.25, 0.3) is 11.8 Å². The van der Waals surface area contributed by atoms with Gasteiger partial charge in [-0.25, -0.2) is 4.39 Å². The van der Waals surface area contributed by atoms with E-state index in [0.717, 1.165) is 22.1 Å². The zero-order valence-corrected chi connectivity index (χ0v) is 13.9. The summed E-state index contributed by atoms with van der Waals surface area (Å²) in [7, 11) is 0. The first-order chi connectivity index (χ1) is 11.9. The monoisotopic (exact) mass is 340 g/mol. The molecule has 0 aliphatic carbocycles. The lowest BCUT2D eigenvalue weighted by Crippen LogP contribution is -2.33. The van der Waals surface area contributed by atoms with E-state index in [4.69, 9.17) is 0 Å². The molecule has 2 aromatic rings. The minimum atomic E-state index is -0.724. The third-order valence-electron chi connectivity index (χ3n) is 4.17. The molecule has 5 nitrogen and oxygen atoms in total. The van der Waals surface area contributed by atoms with Crippen LogP contribution in [0.5, 0.6) is 0 Å². The van der Waals surface area contributed by atoms with Crippen LogP contribution in [0.1, 0.15) is 38.3 Å². The van der Waals surface area contributed by atoms with Gasteiger partial charge in [0.1, 0.15) is 5.82 Å². The number of imide groups is 1. The molecule has 0 saturated heterocycles. The van der Waals surface area contributed by atoms with Gasteiger partial charge < -0.3 is 5.32 Å². The maximum atomic E-state index is 13.8. The van der Waals surface area contributed by atoms with Crippen molar-refractivity contribution in [1.82, 2.24) is 4.90 Å². The number of rotatable bonds is 4. The van der Waals surface area contributed by atoms with E-state index >= 15 is 0 Å². The van der Waals surface area contributed by atoms with Gasteiger partial charge in [-0.15, -0.1) is 0 Å². The minimum absolute atomic E-state index is 0.0415. The molecule has 1 aliphatic rings. The Morgan fingerprint density at radius 3 is 2.56 bits per heavy atom. The number of carbonyl (C=O) groups excluding carboxylic acids is 3. The van der Waals surface area contributed by atoms with Crippen molar-refractivity contribution < 1.29 is 18.8 Å². The normalized spacial score (nSPS) is 13.2. The summed E-state index contributed by atoms with van der Waals surface area (Å²) < 4.78 is 13.8. The summed E-state index contributed by atoms with van der Waals surface area (Å²) in [4.78, 5) is 37.5. The van der Waals surface area contributed by atoms with Crippen molar-refractivity contribution >= 4 is 23.4 Å². The van der Waals surface area contributed by atoms with Crippen LogP contribution in [0.3, 0.4) is 0 Å². The summed E-state index contributed by atoms with van der Waals surface area (Å²) in [5.41, 5.74) is 2.52. The van der Waals surface area contributed by atoms with Gasteiger partial charge in [0.05, 0.1) is 11.1 Å². The second kappa shape index (κ2) is 6.47. The third kappa shape index (κ3) is 3.15. The highest BCUT2D eigenvalue weighted by atomic mass is 19.1. The third-order valence-corrected chi connectivity index (χ3v) is 4.17. The largest absolute Gasteiger partial charge is 0.326 e. The zero-order chi connectivity index (χ0) is 18.1. The number of fused-ring (bicyclic) bond motifs is 1. The fourth-order valence-corrected chi connectivity index (χ4v) is 2.88. The van der Waals surface area contributed by atoms with Gasteiger partial charge in [0, 0.05) is 18.7 Å². The molecule has 3 rings (SSSR count). The number of halogens is 1. The van der Waals surface area contributed by atoms with Gasteiger partial charge in [-0.2, -0.15) is 0 Å². The molecular weight excluding hydrogens is 323 g/mol. The fraction of sp³-hybridized carbons (Fsp3) is 0.211. The molecule has 0 radical (unpaired) electrons. The van der Waals surface area contributed by atoms with E-state index in [2.05, 4.69) is 5.32 Å². The van der Waals surface area contributed by atoms with E-state index in [0.29, 0.717) is 5.69 Å². The second-order valence-electron chi connectivity index (χ2n) is 6.04. The summed E-state index contributed by atoms with van der Waals surface area (Å²) >= 11 is 0. The number of hydrogen-bond donors (Lipinski definition) is 1. The fourth-order valence-electron chi connectivity index (χ4n) is 2.88. The molecule has 0 fully saturated rings. The van der Waals surface area contributed by atoms with Crippen LogP contribution in [0.15, 0.2) is 36.4 Å². The van der Waals surface area contributed by atoms with E-state index in [9.17, 15) is 18.8 Å². The van der Waals surface area contributed by atoms with E-state index in [-0.39, 0.29) is 30.0 Å². The van der Waals surface area contributed by atoms with Gasteiger partial charge >= 0.3 is 0 Å². The molecule has 0 atom stereocenters. The van der Waals surface area contributed by atoms with Gasteiger partial charge in [-0.05, 0) is 37.6 Å². The molecule has 1 aliphatic heterocycles. The highest BCUT2D eigenvalue weighted by Crippen LogP contribution is 2.25. The number of aryl methyl sites for hydroxylation is 2. The van der Waals surface area contributed by atoms with E-state index in [1.807, 2.05) is 26.0 Å². The minimum Gasteiger partial charge on any atom is -0.326 e. The van der Waals surface area contributed by atoms with E-state index in [1.54, 1.807) is 6.07 Å². The molecule has 0 aromatic heterocycles.